The van der Waals surface area contributed by atoms with Crippen molar-refractivity contribution in [1.29, 1.82) is 0 Å². The van der Waals surface area contributed by atoms with E-state index in [-0.39, 0.29) is 19.1 Å². The van der Waals surface area contributed by atoms with Crippen LogP contribution in [0.3, 0.4) is 0 Å². The maximum absolute atomic E-state index is 11.8. The van der Waals surface area contributed by atoms with Crippen LogP contribution in [-0.4, -0.2) is 39.6 Å². The van der Waals surface area contributed by atoms with Crippen molar-refractivity contribution >= 4 is 12.0 Å². The number of rotatable bonds is 5. The van der Waals surface area contributed by atoms with Crippen LogP contribution in [0.2, 0.25) is 0 Å². The summed E-state index contributed by atoms with van der Waals surface area (Å²) in [4.78, 5) is 27.6. The summed E-state index contributed by atoms with van der Waals surface area (Å²) in [5.41, 5.74) is 0. The smallest absolute Gasteiger partial charge is 0.323 e. The van der Waals surface area contributed by atoms with Gasteiger partial charge in [0.1, 0.15) is 12.3 Å². The van der Waals surface area contributed by atoms with E-state index in [1.807, 2.05) is 0 Å². The second-order valence-electron chi connectivity index (χ2n) is 4.14. The molecule has 0 aliphatic carbocycles. The molecule has 0 saturated carbocycles. The average molecular weight is 255 g/mol. The van der Waals surface area contributed by atoms with E-state index in [2.05, 4.69) is 10.3 Å². The Hall–Kier alpha value is -2.05. The molecule has 18 heavy (non-hydrogen) atoms. The Morgan fingerprint density at radius 1 is 1.56 bits per heavy atom. The maximum atomic E-state index is 11.8. The third kappa shape index (κ3) is 4.08. The number of amides is 2. The molecule has 0 saturated heterocycles. The van der Waals surface area contributed by atoms with Crippen LogP contribution in [0.25, 0.3) is 0 Å². The van der Waals surface area contributed by atoms with Gasteiger partial charge in [-0.15, -0.1) is 0 Å². The topological polar surface area (TPSA) is 95.7 Å². The number of carbonyl (C=O) groups is 2. The van der Waals surface area contributed by atoms with Gasteiger partial charge in [-0.25, -0.2) is 9.78 Å². The summed E-state index contributed by atoms with van der Waals surface area (Å²) in [6.45, 7) is 5.04. The van der Waals surface area contributed by atoms with Gasteiger partial charge < -0.3 is 19.7 Å². The Morgan fingerprint density at radius 3 is 2.67 bits per heavy atom. The van der Waals surface area contributed by atoms with E-state index in [9.17, 15) is 9.59 Å². The fraction of sp³-hybridized carbons (Fsp3) is 0.545. The Bertz CT molecular complexity index is 428. The van der Waals surface area contributed by atoms with Crippen LogP contribution in [0.1, 0.15) is 25.5 Å². The summed E-state index contributed by atoms with van der Waals surface area (Å²) in [5, 5.41) is 11.3. The number of aryl methyl sites for hydroxylation is 1. The number of urea groups is 1. The molecule has 1 aromatic rings. The molecule has 1 heterocycles. The van der Waals surface area contributed by atoms with Crippen LogP contribution in [0, 0.1) is 6.92 Å². The fourth-order valence-electron chi connectivity index (χ4n) is 1.37. The molecule has 0 radical (unpaired) electrons. The number of hydrogen-bond acceptors (Lipinski definition) is 4. The van der Waals surface area contributed by atoms with Crippen LogP contribution in [0.4, 0.5) is 4.79 Å². The van der Waals surface area contributed by atoms with Crippen molar-refractivity contribution in [2.24, 2.45) is 0 Å². The molecule has 0 spiro atoms. The Balaban J connectivity index is 2.53. The molecule has 7 heteroatoms. The van der Waals surface area contributed by atoms with Crippen molar-refractivity contribution in [3.63, 3.8) is 0 Å². The van der Waals surface area contributed by atoms with Gasteiger partial charge in [-0.05, 0) is 20.8 Å². The number of aliphatic carboxylic acids is 1. The molecule has 0 bridgehead atoms. The van der Waals surface area contributed by atoms with Crippen molar-refractivity contribution in [3.05, 3.63) is 17.8 Å². The first-order chi connectivity index (χ1) is 8.40. The Kier molecular flexibility index (Phi) is 4.70. The average Bonchev–Trinajstić information content (AvgIpc) is 2.68. The van der Waals surface area contributed by atoms with Crippen molar-refractivity contribution in [1.82, 2.24) is 15.2 Å². The summed E-state index contributed by atoms with van der Waals surface area (Å²) in [6, 6.07) is -0.657. The number of carbonyl (C=O) groups excluding carboxylic acids is 1. The normalized spacial score (nSPS) is 10.4. The zero-order valence-electron chi connectivity index (χ0n) is 10.6. The SMILES string of the molecule is Cc1cnc(CNC(=O)N(CC(=O)O)C(C)C)o1. The van der Waals surface area contributed by atoms with Crippen LogP contribution < -0.4 is 5.32 Å². The van der Waals surface area contributed by atoms with Crippen LogP contribution in [0.5, 0.6) is 0 Å². The summed E-state index contributed by atoms with van der Waals surface area (Å²) in [5.74, 6) is -0.00352. The predicted octanol–water partition coefficient (Wildman–Crippen LogP) is 0.988. The molecule has 1 aromatic heterocycles. The molecule has 0 unspecified atom stereocenters. The van der Waals surface area contributed by atoms with Gasteiger partial charge in [0.25, 0.3) is 0 Å². The van der Waals surface area contributed by atoms with Crippen molar-refractivity contribution < 1.29 is 19.1 Å². The molecule has 2 N–H and O–H groups in total. The number of aromatic nitrogens is 1. The molecule has 100 valence electrons. The first-order valence-electron chi connectivity index (χ1n) is 5.57. The Labute approximate surface area is 105 Å². The number of nitrogens with zero attached hydrogens (tertiary/aromatic N) is 2. The van der Waals surface area contributed by atoms with Crippen LogP contribution >= 0.6 is 0 Å². The standard InChI is InChI=1S/C11H17N3O4/c1-7(2)14(6-10(15)16)11(17)13-5-9-12-4-8(3)18-9/h4,7H,5-6H2,1-3H3,(H,13,17)(H,15,16). The number of carboxylic acid groups (broad SMARTS) is 1. The summed E-state index contributed by atoms with van der Waals surface area (Å²) >= 11 is 0. The van der Waals surface area contributed by atoms with Gasteiger partial charge in [0, 0.05) is 6.04 Å². The highest BCUT2D eigenvalue weighted by molar-refractivity contribution is 5.80. The molecular weight excluding hydrogens is 238 g/mol. The molecule has 0 aliphatic heterocycles. The first kappa shape index (κ1) is 14.0. The lowest BCUT2D eigenvalue weighted by molar-refractivity contribution is -0.138. The highest BCUT2D eigenvalue weighted by atomic mass is 16.4. The highest BCUT2D eigenvalue weighted by Gasteiger charge is 2.19. The van der Waals surface area contributed by atoms with Crippen molar-refractivity contribution in [2.45, 2.75) is 33.4 Å². The Morgan fingerprint density at radius 2 is 2.22 bits per heavy atom. The minimum absolute atomic E-state index is 0.134. The second-order valence-corrected chi connectivity index (χ2v) is 4.14. The first-order valence-corrected chi connectivity index (χ1v) is 5.57. The molecule has 0 aromatic carbocycles. The van der Waals surface area contributed by atoms with E-state index < -0.39 is 12.0 Å². The van der Waals surface area contributed by atoms with Gasteiger partial charge in [0.2, 0.25) is 5.89 Å². The summed E-state index contributed by atoms with van der Waals surface area (Å²) in [6.07, 6.45) is 1.55. The third-order valence-electron chi connectivity index (χ3n) is 2.25. The summed E-state index contributed by atoms with van der Waals surface area (Å²) in [7, 11) is 0. The van der Waals surface area contributed by atoms with Gasteiger partial charge in [-0.3, -0.25) is 4.79 Å². The van der Waals surface area contributed by atoms with E-state index in [1.54, 1.807) is 27.0 Å². The molecular formula is C11H17N3O4. The zero-order valence-corrected chi connectivity index (χ0v) is 10.6. The van der Waals surface area contributed by atoms with E-state index in [0.29, 0.717) is 11.7 Å². The van der Waals surface area contributed by atoms with Gasteiger partial charge in [-0.2, -0.15) is 0 Å². The predicted molar refractivity (Wildman–Crippen MR) is 63.0 cm³/mol. The monoisotopic (exact) mass is 255 g/mol. The lowest BCUT2D eigenvalue weighted by atomic mass is 10.3. The van der Waals surface area contributed by atoms with Crippen LogP contribution in [0.15, 0.2) is 10.6 Å². The van der Waals surface area contributed by atoms with Crippen molar-refractivity contribution in [2.75, 3.05) is 6.54 Å². The molecule has 2 amide bonds. The molecule has 0 fully saturated rings. The minimum Gasteiger partial charge on any atom is -0.480 e. The van der Waals surface area contributed by atoms with Gasteiger partial charge in [0.15, 0.2) is 0 Å². The highest BCUT2D eigenvalue weighted by Crippen LogP contribution is 2.03. The van der Waals surface area contributed by atoms with E-state index in [4.69, 9.17) is 9.52 Å². The van der Waals surface area contributed by atoms with Crippen molar-refractivity contribution in [3.8, 4) is 0 Å². The third-order valence-corrected chi connectivity index (χ3v) is 2.25. The number of hydrogen-bond donors (Lipinski definition) is 2. The molecule has 1 rings (SSSR count). The quantitative estimate of drug-likeness (QED) is 0.817. The van der Waals surface area contributed by atoms with E-state index in [0.717, 1.165) is 0 Å². The summed E-state index contributed by atoms with van der Waals surface area (Å²) < 4.78 is 5.19. The lowest BCUT2D eigenvalue weighted by Gasteiger charge is -2.24. The molecule has 0 aliphatic rings. The number of oxazole rings is 1. The second kappa shape index (κ2) is 6.04. The minimum atomic E-state index is -1.05. The molecule has 7 nitrogen and oxygen atoms in total. The van der Waals surface area contributed by atoms with Gasteiger partial charge in [-0.1, -0.05) is 0 Å². The van der Waals surface area contributed by atoms with Crippen LogP contribution in [-0.2, 0) is 11.3 Å². The number of nitrogens with one attached hydrogen (secondary N) is 1. The largest absolute Gasteiger partial charge is 0.480 e. The van der Waals surface area contributed by atoms with Gasteiger partial charge >= 0.3 is 12.0 Å². The van der Waals surface area contributed by atoms with E-state index >= 15 is 0 Å². The number of carboxylic acids is 1. The zero-order chi connectivity index (χ0) is 13.7. The molecule has 0 atom stereocenters. The fourth-order valence-corrected chi connectivity index (χ4v) is 1.37. The van der Waals surface area contributed by atoms with Gasteiger partial charge in [0.05, 0.1) is 12.7 Å². The lowest BCUT2D eigenvalue weighted by Crippen LogP contribution is -2.46. The maximum Gasteiger partial charge on any atom is 0.323 e. The van der Waals surface area contributed by atoms with E-state index in [1.165, 1.54) is 4.90 Å².